The van der Waals surface area contributed by atoms with Crippen LogP contribution in [0.1, 0.15) is 68.7 Å². The van der Waals surface area contributed by atoms with Gasteiger partial charge in [0, 0.05) is 0 Å². The van der Waals surface area contributed by atoms with Crippen LogP contribution in [-0.2, 0) is 42.7 Å². The smallest absolute Gasteiger partial charge is 0.311 e. The van der Waals surface area contributed by atoms with Gasteiger partial charge < -0.3 is 37.9 Å². The Balaban J connectivity index is 2.98. The summed E-state index contributed by atoms with van der Waals surface area (Å²) in [5.41, 5.74) is -0.625. The van der Waals surface area contributed by atoms with E-state index in [4.69, 9.17) is 37.9 Å². The zero-order valence-corrected chi connectivity index (χ0v) is 23.4. The van der Waals surface area contributed by atoms with Crippen molar-refractivity contribution in [1.29, 1.82) is 0 Å². The van der Waals surface area contributed by atoms with Gasteiger partial charge in [-0.1, -0.05) is 34.6 Å². The lowest BCUT2D eigenvalue weighted by molar-refractivity contribution is -0.318. The Morgan fingerprint density at radius 2 is 1.49 bits per heavy atom. The summed E-state index contributed by atoms with van der Waals surface area (Å²) in [5, 5.41) is 0. The highest BCUT2D eigenvalue weighted by Crippen LogP contribution is 2.28. The van der Waals surface area contributed by atoms with Gasteiger partial charge in [0.25, 0.3) is 0 Å². The van der Waals surface area contributed by atoms with Crippen molar-refractivity contribution in [3.05, 3.63) is 0 Å². The first-order valence-electron chi connectivity index (χ1n) is 12.9. The van der Waals surface area contributed by atoms with Crippen LogP contribution >= 0.6 is 0 Å². The molecule has 9 nitrogen and oxygen atoms in total. The standard InChI is InChI=1S/C26H50O9/c1-10-26(8,9)25(27)35-21-15-32-24(34-17-29-14-19(4)5)23(33-16-28-13-18(2)3)22(21)31-12-11-30-20(6)7/h18-24H,10-17H2,1-9H3. The molecular weight excluding hydrogens is 456 g/mol. The molecule has 1 aliphatic rings. The van der Waals surface area contributed by atoms with E-state index >= 15 is 0 Å². The van der Waals surface area contributed by atoms with Crippen LogP contribution in [0.4, 0.5) is 0 Å². The number of carbonyl (C=O) groups excluding carboxylic acids is 1. The van der Waals surface area contributed by atoms with Crippen LogP contribution in [0.15, 0.2) is 0 Å². The lowest BCUT2D eigenvalue weighted by Gasteiger charge is -2.42. The second-order valence-corrected chi connectivity index (χ2v) is 10.7. The highest BCUT2D eigenvalue weighted by Gasteiger charge is 2.46. The fourth-order valence-electron chi connectivity index (χ4n) is 3.08. The van der Waals surface area contributed by atoms with Gasteiger partial charge in [0.1, 0.15) is 25.8 Å². The average molecular weight is 507 g/mol. The van der Waals surface area contributed by atoms with Gasteiger partial charge in [-0.25, -0.2) is 0 Å². The highest BCUT2D eigenvalue weighted by molar-refractivity contribution is 5.76. The molecule has 0 spiro atoms. The molecule has 1 fully saturated rings. The van der Waals surface area contributed by atoms with Crippen LogP contribution in [0.5, 0.6) is 0 Å². The van der Waals surface area contributed by atoms with E-state index in [0.717, 1.165) is 0 Å². The summed E-state index contributed by atoms with van der Waals surface area (Å²) in [6, 6.07) is 0. The summed E-state index contributed by atoms with van der Waals surface area (Å²) < 4.78 is 46.8. The summed E-state index contributed by atoms with van der Waals surface area (Å²) in [5.74, 6) is 0.433. The maximum Gasteiger partial charge on any atom is 0.311 e. The highest BCUT2D eigenvalue weighted by atomic mass is 16.8. The summed E-state index contributed by atoms with van der Waals surface area (Å²) in [7, 11) is 0. The molecular formula is C26H50O9. The number of carbonyl (C=O) groups is 1. The SMILES string of the molecule is CCC(C)(C)C(=O)OC1COC(OCOCC(C)C)C(OCOCC(C)C)C1OCCOC(C)C. The van der Waals surface area contributed by atoms with Crippen molar-refractivity contribution in [2.45, 2.75) is 99.4 Å². The number of esters is 1. The van der Waals surface area contributed by atoms with Crippen LogP contribution in [-0.4, -0.2) is 83.3 Å². The van der Waals surface area contributed by atoms with E-state index in [9.17, 15) is 4.79 Å². The van der Waals surface area contributed by atoms with Crippen LogP contribution in [0.2, 0.25) is 0 Å². The van der Waals surface area contributed by atoms with Gasteiger partial charge in [0.2, 0.25) is 0 Å². The second kappa shape index (κ2) is 16.8. The van der Waals surface area contributed by atoms with Gasteiger partial charge in [-0.15, -0.1) is 0 Å². The number of ether oxygens (including phenoxy) is 8. The quantitative estimate of drug-likeness (QED) is 0.154. The molecule has 0 aliphatic carbocycles. The zero-order valence-electron chi connectivity index (χ0n) is 23.4. The minimum absolute atomic E-state index is 0.0302. The maximum atomic E-state index is 12.9. The molecule has 0 bridgehead atoms. The summed E-state index contributed by atoms with van der Waals surface area (Å²) in [4.78, 5) is 12.9. The van der Waals surface area contributed by atoms with E-state index in [1.165, 1.54) is 0 Å². The van der Waals surface area contributed by atoms with E-state index in [0.29, 0.717) is 44.7 Å². The normalized spacial score (nSPS) is 23.4. The Hall–Kier alpha value is -0.810. The fraction of sp³-hybridized carbons (Fsp3) is 0.962. The first-order chi connectivity index (χ1) is 16.5. The zero-order chi connectivity index (χ0) is 26.4. The molecule has 1 rings (SSSR count). The predicted molar refractivity (Wildman–Crippen MR) is 132 cm³/mol. The Kier molecular flexibility index (Phi) is 15.5. The van der Waals surface area contributed by atoms with Gasteiger partial charge in [-0.3, -0.25) is 4.79 Å². The summed E-state index contributed by atoms with van der Waals surface area (Å²) in [6.07, 6.45) is -2.03. The van der Waals surface area contributed by atoms with Gasteiger partial charge in [0.05, 0.1) is 44.6 Å². The van der Waals surface area contributed by atoms with Gasteiger partial charge in [-0.2, -0.15) is 0 Å². The molecule has 0 amide bonds. The Morgan fingerprint density at radius 3 is 2.03 bits per heavy atom. The summed E-state index contributed by atoms with van der Waals surface area (Å²) in [6.45, 7) is 19.9. The topological polar surface area (TPSA) is 90.9 Å². The predicted octanol–water partition coefficient (Wildman–Crippen LogP) is 4.16. The molecule has 1 aliphatic heterocycles. The third-order valence-electron chi connectivity index (χ3n) is 5.48. The minimum atomic E-state index is -0.769. The Labute approximate surface area is 212 Å². The molecule has 9 heteroatoms. The molecule has 0 aromatic heterocycles. The number of rotatable bonds is 18. The Morgan fingerprint density at radius 1 is 0.886 bits per heavy atom. The molecule has 0 radical (unpaired) electrons. The summed E-state index contributed by atoms with van der Waals surface area (Å²) >= 11 is 0. The largest absolute Gasteiger partial charge is 0.457 e. The van der Waals surface area contributed by atoms with Crippen molar-refractivity contribution in [1.82, 2.24) is 0 Å². The van der Waals surface area contributed by atoms with Gasteiger partial charge in [-0.05, 0) is 46.0 Å². The number of hydrogen-bond acceptors (Lipinski definition) is 9. The lowest BCUT2D eigenvalue weighted by Crippen LogP contribution is -2.58. The van der Waals surface area contributed by atoms with Crippen molar-refractivity contribution in [3.63, 3.8) is 0 Å². The van der Waals surface area contributed by atoms with Crippen molar-refractivity contribution in [2.75, 3.05) is 46.6 Å². The van der Waals surface area contributed by atoms with Crippen molar-refractivity contribution >= 4 is 5.97 Å². The monoisotopic (exact) mass is 506 g/mol. The van der Waals surface area contributed by atoms with Crippen LogP contribution < -0.4 is 0 Å². The van der Waals surface area contributed by atoms with E-state index in [2.05, 4.69) is 27.7 Å². The third kappa shape index (κ3) is 12.8. The second-order valence-electron chi connectivity index (χ2n) is 10.7. The minimum Gasteiger partial charge on any atom is -0.457 e. The first kappa shape index (κ1) is 32.2. The molecule has 208 valence electrons. The van der Waals surface area contributed by atoms with Crippen LogP contribution in [0.25, 0.3) is 0 Å². The third-order valence-corrected chi connectivity index (χ3v) is 5.48. The molecule has 0 aromatic carbocycles. The van der Waals surface area contributed by atoms with E-state index in [-0.39, 0.29) is 32.3 Å². The van der Waals surface area contributed by atoms with Gasteiger partial charge in [0.15, 0.2) is 12.4 Å². The van der Waals surface area contributed by atoms with E-state index < -0.39 is 30.0 Å². The van der Waals surface area contributed by atoms with Crippen LogP contribution in [0.3, 0.4) is 0 Å². The Bertz CT molecular complexity index is 565. The molecule has 1 heterocycles. The van der Waals surface area contributed by atoms with Gasteiger partial charge >= 0.3 is 5.97 Å². The molecule has 4 atom stereocenters. The maximum absolute atomic E-state index is 12.9. The van der Waals surface area contributed by atoms with Crippen LogP contribution in [0, 0.1) is 17.3 Å². The molecule has 0 saturated carbocycles. The van der Waals surface area contributed by atoms with E-state index in [1.807, 2.05) is 34.6 Å². The molecule has 0 N–H and O–H groups in total. The number of hydrogen-bond donors (Lipinski definition) is 0. The molecule has 4 unspecified atom stereocenters. The fourth-order valence-corrected chi connectivity index (χ4v) is 3.08. The first-order valence-corrected chi connectivity index (χ1v) is 12.9. The molecule has 35 heavy (non-hydrogen) atoms. The van der Waals surface area contributed by atoms with Crippen molar-refractivity contribution < 1.29 is 42.7 Å². The van der Waals surface area contributed by atoms with Crippen molar-refractivity contribution in [2.24, 2.45) is 17.3 Å². The average Bonchev–Trinajstić information content (AvgIpc) is 2.78. The van der Waals surface area contributed by atoms with E-state index in [1.54, 1.807) is 0 Å². The lowest BCUT2D eigenvalue weighted by atomic mass is 9.90. The van der Waals surface area contributed by atoms with Crippen molar-refractivity contribution in [3.8, 4) is 0 Å². The molecule has 0 aromatic rings. The molecule has 1 saturated heterocycles.